The van der Waals surface area contributed by atoms with E-state index in [0.717, 1.165) is 58.7 Å². The molecule has 3 aromatic carbocycles. The summed E-state index contributed by atoms with van der Waals surface area (Å²) in [6, 6.07) is 18.6. The molecule has 3 heterocycles. The molecule has 0 bridgehead atoms. The summed E-state index contributed by atoms with van der Waals surface area (Å²) in [7, 11) is 0. The average molecular weight is 854 g/mol. The molecule has 6 aromatic rings. The summed E-state index contributed by atoms with van der Waals surface area (Å²) in [5.74, 6) is 0.286. The predicted octanol–water partition coefficient (Wildman–Crippen LogP) is 12.5. The van der Waals surface area contributed by atoms with Crippen molar-refractivity contribution in [2.24, 2.45) is 10.8 Å². The summed E-state index contributed by atoms with van der Waals surface area (Å²) in [5.41, 5.74) is 5.26. The Kier molecular flexibility index (Phi) is 11.6. The van der Waals surface area contributed by atoms with E-state index < -0.39 is 0 Å². The molecule has 0 saturated carbocycles. The van der Waals surface area contributed by atoms with Crippen LogP contribution in [0.1, 0.15) is 99.1 Å². The third kappa shape index (κ3) is 7.40. The van der Waals surface area contributed by atoms with Crippen LogP contribution in [-0.4, -0.2) is 20.9 Å². The third-order valence-electron chi connectivity index (χ3n) is 10.6. The molecule has 0 unspecified atom stereocenters. The number of aliphatic hydroxyl groups is 1. The number of furan rings is 1. The SMILES string of the molecule is CCC(C)(CC)C(=O)/C=C(\O)C(C)(CC)CC.Cc1csc2cc3c(cc12)oc1ncnc(-c2[c-]c4ccccc4c(C(C)(C)C)c2)c13.[Ir]. The number of aryl methyl sites for hydroxylation is 1. The summed E-state index contributed by atoms with van der Waals surface area (Å²) < 4.78 is 7.42. The summed E-state index contributed by atoms with van der Waals surface area (Å²) >= 11 is 1.76. The Morgan fingerprint density at radius 1 is 0.898 bits per heavy atom. The zero-order valence-electron chi connectivity index (χ0n) is 30.5. The minimum atomic E-state index is -0.337. The molecule has 0 fully saturated rings. The van der Waals surface area contributed by atoms with Crippen LogP contribution in [-0.2, 0) is 30.3 Å². The van der Waals surface area contributed by atoms with Crippen molar-refractivity contribution in [1.82, 2.24) is 9.97 Å². The molecule has 1 N–H and O–H groups in total. The van der Waals surface area contributed by atoms with Crippen molar-refractivity contribution >= 4 is 60.0 Å². The molecule has 0 atom stereocenters. The minimum absolute atomic E-state index is 0. The topological polar surface area (TPSA) is 76.2 Å². The van der Waals surface area contributed by atoms with E-state index in [1.54, 1.807) is 17.7 Å². The molecule has 5 nitrogen and oxygen atoms in total. The number of nitrogens with zero attached hydrogens (tertiary/aromatic N) is 2. The number of carbonyl (C=O) groups is 1. The average Bonchev–Trinajstić information content (AvgIpc) is 3.64. The van der Waals surface area contributed by atoms with Crippen molar-refractivity contribution in [3.63, 3.8) is 0 Å². The fraction of sp³-hybridized carbons (Fsp3) is 0.405. The minimum Gasteiger partial charge on any atom is -0.512 e. The normalized spacial score (nSPS) is 12.7. The van der Waals surface area contributed by atoms with Crippen LogP contribution in [0.5, 0.6) is 0 Å². The molecule has 1 radical (unpaired) electrons. The second-order valence-corrected chi connectivity index (χ2v) is 15.5. The van der Waals surface area contributed by atoms with Crippen LogP contribution in [0, 0.1) is 23.8 Å². The molecule has 3 aromatic heterocycles. The van der Waals surface area contributed by atoms with E-state index in [2.05, 4.69) is 86.6 Å². The summed E-state index contributed by atoms with van der Waals surface area (Å²) in [5, 5.41) is 17.9. The summed E-state index contributed by atoms with van der Waals surface area (Å²) in [4.78, 5) is 21.3. The largest absolute Gasteiger partial charge is 0.512 e. The quantitative estimate of drug-likeness (QED) is 0.0938. The monoisotopic (exact) mass is 854 g/mol. The van der Waals surface area contributed by atoms with Gasteiger partial charge in [-0.2, -0.15) is 0 Å². The van der Waals surface area contributed by atoms with Crippen molar-refractivity contribution in [3.8, 4) is 11.3 Å². The van der Waals surface area contributed by atoms with Gasteiger partial charge in [0.05, 0.1) is 0 Å². The number of carbonyl (C=O) groups excluding carboxylic acids is 1. The van der Waals surface area contributed by atoms with Crippen LogP contribution in [0.15, 0.2) is 70.4 Å². The van der Waals surface area contributed by atoms with E-state index in [-0.39, 0.29) is 47.9 Å². The fourth-order valence-corrected chi connectivity index (χ4v) is 7.08. The number of rotatable bonds is 8. The van der Waals surface area contributed by atoms with E-state index in [1.807, 2.05) is 41.5 Å². The van der Waals surface area contributed by atoms with Crippen LogP contribution >= 0.6 is 11.3 Å². The Bertz CT molecular complexity index is 2140. The van der Waals surface area contributed by atoms with Gasteiger partial charge in [0, 0.05) is 58.2 Å². The molecule has 0 aliphatic carbocycles. The van der Waals surface area contributed by atoms with E-state index >= 15 is 0 Å². The number of allylic oxidation sites excluding steroid dienone is 2. The second-order valence-electron chi connectivity index (χ2n) is 14.6. The van der Waals surface area contributed by atoms with Crippen molar-refractivity contribution in [2.75, 3.05) is 0 Å². The molecular weight excluding hydrogens is 805 g/mol. The molecule has 0 aliphatic heterocycles. The van der Waals surface area contributed by atoms with Crippen LogP contribution < -0.4 is 0 Å². The number of benzene rings is 3. The molecule has 0 amide bonds. The van der Waals surface area contributed by atoms with E-state index in [1.165, 1.54) is 32.7 Å². The van der Waals surface area contributed by atoms with Crippen LogP contribution in [0.2, 0.25) is 0 Å². The first-order valence-electron chi connectivity index (χ1n) is 17.2. The Labute approximate surface area is 308 Å². The van der Waals surface area contributed by atoms with Crippen molar-refractivity contribution in [3.05, 3.63) is 83.2 Å². The number of aliphatic hydroxyl groups excluding tert-OH is 1. The first-order valence-corrected chi connectivity index (χ1v) is 18.0. The Morgan fingerprint density at radius 2 is 1.55 bits per heavy atom. The maximum atomic E-state index is 12.2. The van der Waals surface area contributed by atoms with Gasteiger partial charge >= 0.3 is 0 Å². The predicted molar refractivity (Wildman–Crippen MR) is 203 cm³/mol. The summed E-state index contributed by atoms with van der Waals surface area (Å²) in [6.45, 7) is 21.0. The maximum absolute atomic E-state index is 12.2. The van der Waals surface area contributed by atoms with Crippen LogP contribution in [0.3, 0.4) is 0 Å². The Morgan fingerprint density at radius 3 is 2.18 bits per heavy atom. The zero-order chi connectivity index (χ0) is 35.0. The molecule has 0 saturated heterocycles. The van der Waals surface area contributed by atoms with Crippen LogP contribution in [0.4, 0.5) is 0 Å². The van der Waals surface area contributed by atoms with Gasteiger partial charge in [-0.1, -0.05) is 91.5 Å². The van der Waals surface area contributed by atoms with Gasteiger partial charge < -0.3 is 9.52 Å². The molecule has 0 spiro atoms. The smallest absolute Gasteiger partial charge is 0.223 e. The zero-order valence-corrected chi connectivity index (χ0v) is 33.7. The standard InChI is InChI=1S/C27H21N2OS.C15H28O2.Ir/c1-15-13-31-23-12-20-22(11-19(15)23)30-26-24(20)25(28-14-29-26)17-9-16-7-5-6-8-18(16)21(10-17)27(2,3)4;1-7-14(5,8-2)12(16)11-13(17)15(6,9-3)10-4;/h5-8,10-14H,1-4H3;11,16H,7-10H2,1-6H3;/q-1;;/b;12-11-;. The van der Waals surface area contributed by atoms with Gasteiger partial charge in [0.15, 0.2) is 5.78 Å². The van der Waals surface area contributed by atoms with Gasteiger partial charge in [-0.15, -0.1) is 40.5 Å². The van der Waals surface area contributed by atoms with Gasteiger partial charge in [0.2, 0.25) is 5.71 Å². The second kappa shape index (κ2) is 14.8. The van der Waals surface area contributed by atoms with Gasteiger partial charge in [-0.3, -0.25) is 9.78 Å². The fourth-order valence-electron chi connectivity index (χ4n) is 6.12. The van der Waals surface area contributed by atoms with Gasteiger partial charge in [-0.05, 0) is 66.5 Å². The number of thiophene rings is 1. The Balaban J connectivity index is 0.000000260. The third-order valence-corrected chi connectivity index (χ3v) is 11.7. The molecule has 7 heteroatoms. The maximum Gasteiger partial charge on any atom is 0.223 e. The van der Waals surface area contributed by atoms with E-state index in [0.29, 0.717) is 5.71 Å². The van der Waals surface area contributed by atoms with Crippen molar-refractivity contribution in [1.29, 1.82) is 0 Å². The number of aromatic nitrogens is 2. The van der Waals surface area contributed by atoms with Crippen molar-refractivity contribution < 1.29 is 34.4 Å². The number of hydrogen-bond acceptors (Lipinski definition) is 6. The van der Waals surface area contributed by atoms with E-state index in [4.69, 9.17) is 9.40 Å². The number of hydrogen-bond donors (Lipinski definition) is 1. The van der Waals surface area contributed by atoms with Gasteiger partial charge in [0.1, 0.15) is 17.7 Å². The van der Waals surface area contributed by atoms with Gasteiger partial charge in [-0.25, -0.2) is 4.98 Å². The van der Waals surface area contributed by atoms with Crippen molar-refractivity contribution in [2.45, 2.75) is 100 Å². The number of ketones is 1. The van der Waals surface area contributed by atoms with Gasteiger partial charge in [0.25, 0.3) is 0 Å². The number of fused-ring (bicyclic) bond motifs is 5. The molecular formula is C42H49IrN2O3S-. The van der Waals surface area contributed by atoms with E-state index in [9.17, 15) is 9.90 Å². The first kappa shape index (κ1) is 38.4. The molecule has 261 valence electrons. The molecule has 6 rings (SSSR count). The molecule has 49 heavy (non-hydrogen) atoms. The summed E-state index contributed by atoms with van der Waals surface area (Å²) in [6.07, 6.45) is 6.34. The Hall–Kier alpha value is -3.38. The van der Waals surface area contributed by atoms with Crippen LogP contribution in [0.25, 0.3) is 54.2 Å². The first-order chi connectivity index (χ1) is 22.7. The molecule has 0 aliphatic rings.